The van der Waals surface area contributed by atoms with Crippen molar-refractivity contribution in [2.24, 2.45) is 7.05 Å². The molecule has 3 heterocycles. The lowest BCUT2D eigenvalue weighted by Crippen LogP contribution is -2.44. The molecule has 1 atom stereocenters. The van der Waals surface area contributed by atoms with E-state index in [0.29, 0.717) is 24.3 Å². The lowest BCUT2D eigenvalue weighted by molar-refractivity contribution is 0.0406. The predicted octanol–water partition coefficient (Wildman–Crippen LogP) is 4.37. The van der Waals surface area contributed by atoms with E-state index >= 15 is 0 Å². The summed E-state index contributed by atoms with van der Waals surface area (Å²) in [6, 6.07) is 9.46. The highest BCUT2D eigenvalue weighted by atomic mass is 16.5. The summed E-state index contributed by atoms with van der Waals surface area (Å²) in [5, 5.41) is 1.05. The Labute approximate surface area is 176 Å². The maximum absolute atomic E-state index is 13.0. The Morgan fingerprint density at radius 3 is 2.80 bits per heavy atom. The lowest BCUT2D eigenvalue weighted by atomic mass is 9.99. The Bertz CT molecular complexity index is 1080. The first-order valence-electron chi connectivity index (χ1n) is 10.6. The third-order valence-corrected chi connectivity index (χ3v) is 6.28. The molecular formula is C24H29N3O3. The van der Waals surface area contributed by atoms with Crippen LogP contribution in [0.2, 0.25) is 0 Å². The molecule has 6 nitrogen and oxygen atoms in total. The van der Waals surface area contributed by atoms with Gasteiger partial charge in [-0.15, -0.1) is 0 Å². The summed E-state index contributed by atoms with van der Waals surface area (Å²) in [6.45, 7) is 5.14. The number of carbonyl (C=O) groups excluding carboxylic acids is 2. The average molecular weight is 408 g/mol. The summed E-state index contributed by atoms with van der Waals surface area (Å²) < 4.78 is 7.43. The number of likely N-dealkylation sites (tertiary alicyclic amines) is 1. The zero-order valence-corrected chi connectivity index (χ0v) is 17.9. The largest absolute Gasteiger partial charge is 0.462 e. The van der Waals surface area contributed by atoms with Gasteiger partial charge in [0.2, 0.25) is 0 Å². The SMILES string of the molecule is Cc1[nH]c2ccc(C(=O)OCCC3CCCCN3C(=O)c3cccn3C)cc2c1C. The summed E-state index contributed by atoms with van der Waals surface area (Å²) in [5.41, 5.74) is 4.54. The fraction of sp³-hybridized carbons (Fsp3) is 0.417. The molecule has 1 amide bonds. The number of hydrogen-bond acceptors (Lipinski definition) is 3. The standard InChI is InChI=1S/C24H29N3O3/c1-16-17(2)25-21-10-9-18(15-20(16)21)24(29)30-14-11-19-7-4-5-13-27(19)23(28)22-8-6-12-26(22)3/h6,8-10,12,15,19,25H,4-5,7,11,13-14H2,1-3H3. The molecule has 1 unspecified atom stereocenters. The van der Waals surface area contributed by atoms with Crippen LogP contribution in [0, 0.1) is 13.8 Å². The smallest absolute Gasteiger partial charge is 0.338 e. The van der Waals surface area contributed by atoms with Gasteiger partial charge < -0.3 is 19.2 Å². The number of ether oxygens (including phenoxy) is 1. The van der Waals surface area contributed by atoms with Crippen LogP contribution in [0.3, 0.4) is 0 Å². The number of benzene rings is 1. The summed E-state index contributed by atoms with van der Waals surface area (Å²) >= 11 is 0. The Balaban J connectivity index is 1.38. The Hall–Kier alpha value is -3.02. The van der Waals surface area contributed by atoms with Crippen molar-refractivity contribution in [1.29, 1.82) is 0 Å². The van der Waals surface area contributed by atoms with Crippen molar-refractivity contribution in [2.75, 3.05) is 13.2 Å². The second kappa shape index (κ2) is 8.38. The van der Waals surface area contributed by atoms with Crippen molar-refractivity contribution in [2.45, 2.75) is 45.6 Å². The molecule has 1 aliphatic heterocycles. The van der Waals surface area contributed by atoms with E-state index in [0.717, 1.165) is 48.0 Å². The van der Waals surface area contributed by atoms with Crippen molar-refractivity contribution in [3.8, 4) is 0 Å². The molecule has 0 radical (unpaired) electrons. The number of nitrogens with zero attached hydrogens (tertiary/aromatic N) is 2. The van der Waals surface area contributed by atoms with Crippen LogP contribution in [0.25, 0.3) is 10.9 Å². The monoisotopic (exact) mass is 407 g/mol. The molecule has 0 spiro atoms. The highest BCUT2D eigenvalue weighted by Crippen LogP contribution is 2.24. The molecule has 1 aromatic carbocycles. The zero-order valence-electron chi connectivity index (χ0n) is 17.9. The molecule has 1 fully saturated rings. The second-order valence-electron chi connectivity index (χ2n) is 8.21. The molecule has 2 aromatic heterocycles. The van der Waals surface area contributed by atoms with Crippen molar-refractivity contribution in [1.82, 2.24) is 14.5 Å². The Kier molecular flexibility index (Phi) is 5.66. The number of rotatable bonds is 5. The minimum absolute atomic E-state index is 0.0577. The minimum atomic E-state index is -0.314. The average Bonchev–Trinajstić information content (AvgIpc) is 3.30. The fourth-order valence-corrected chi connectivity index (χ4v) is 4.36. The number of amides is 1. The first-order valence-corrected chi connectivity index (χ1v) is 10.6. The summed E-state index contributed by atoms with van der Waals surface area (Å²) in [5.74, 6) is -0.256. The number of aromatic nitrogens is 2. The Morgan fingerprint density at radius 1 is 1.20 bits per heavy atom. The van der Waals surface area contributed by atoms with Crippen LogP contribution in [0.15, 0.2) is 36.5 Å². The first-order chi connectivity index (χ1) is 14.5. The third kappa shape index (κ3) is 3.86. The van der Waals surface area contributed by atoms with Crippen LogP contribution < -0.4 is 0 Å². The first kappa shape index (κ1) is 20.3. The van der Waals surface area contributed by atoms with Crippen molar-refractivity contribution >= 4 is 22.8 Å². The van der Waals surface area contributed by atoms with Gasteiger partial charge in [-0.2, -0.15) is 0 Å². The molecule has 158 valence electrons. The summed E-state index contributed by atoms with van der Waals surface area (Å²) in [4.78, 5) is 30.8. The molecular weight excluding hydrogens is 378 g/mol. The van der Waals surface area contributed by atoms with E-state index in [4.69, 9.17) is 4.74 Å². The molecule has 0 saturated carbocycles. The van der Waals surface area contributed by atoms with Crippen LogP contribution in [0.5, 0.6) is 0 Å². The van der Waals surface area contributed by atoms with E-state index in [1.54, 1.807) is 6.07 Å². The van der Waals surface area contributed by atoms with Gasteiger partial charge in [-0.1, -0.05) is 0 Å². The molecule has 3 aromatic rings. The van der Waals surface area contributed by atoms with E-state index in [1.807, 2.05) is 60.8 Å². The van der Waals surface area contributed by atoms with E-state index < -0.39 is 0 Å². The van der Waals surface area contributed by atoms with Crippen molar-refractivity contribution in [3.05, 3.63) is 59.0 Å². The van der Waals surface area contributed by atoms with Crippen molar-refractivity contribution in [3.63, 3.8) is 0 Å². The predicted molar refractivity (Wildman–Crippen MR) is 117 cm³/mol. The van der Waals surface area contributed by atoms with Crippen LogP contribution >= 0.6 is 0 Å². The summed E-state index contributed by atoms with van der Waals surface area (Å²) in [7, 11) is 1.89. The molecule has 1 N–H and O–H groups in total. The van der Waals surface area contributed by atoms with Crippen LogP contribution in [-0.4, -0.2) is 45.5 Å². The number of nitrogens with one attached hydrogen (secondary N) is 1. The van der Waals surface area contributed by atoms with E-state index in [-0.39, 0.29) is 17.9 Å². The normalized spacial score (nSPS) is 16.8. The molecule has 1 aliphatic rings. The maximum atomic E-state index is 13.0. The zero-order chi connectivity index (χ0) is 21.3. The highest BCUT2D eigenvalue weighted by molar-refractivity contribution is 5.96. The van der Waals surface area contributed by atoms with Gasteiger partial charge in [0.25, 0.3) is 5.91 Å². The highest BCUT2D eigenvalue weighted by Gasteiger charge is 2.28. The molecule has 30 heavy (non-hydrogen) atoms. The van der Waals surface area contributed by atoms with Gasteiger partial charge in [0, 0.05) is 48.8 Å². The van der Waals surface area contributed by atoms with E-state index in [2.05, 4.69) is 4.98 Å². The van der Waals surface area contributed by atoms with E-state index in [1.165, 1.54) is 0 Å². The van der Waals surface area contributed by atoms with Gasteiger partial charge in [-0.25, -0.2) is 4.79 Å². The van der Waals surface area contributed by atoms with Crippen LogP contribution in [0.1, 0.15) is 57.8 Å². The van der Waals surface area contributed by atoms with Gasteiger partial charge in [-0.05, 0) is 69.0 Å². The molecule has 4 rings (SSSR count). The minimum Gasteiger partial charge on any atom is -0.462 e. The van der Waals surface area contributed by atoms with Gasteiger partial charge in [0.1, 0.15) is 5.69 Å². The van der Waals surface area contributed by atoms with Crippen LogP contribution in [-0.2, 0) is 11.8 Å². The quantitative estimate of drug-likeness (QED) is 0.639. The third-order valence-electron chi connectivity index (χ3n) is 6.28. The molecule has 0 bridgehead atoms. The van der Waals surface area contributed by atoms with Gasteiger partial charge >= 0.3 is 5.97 Å². The van der Waals surface area contributed by atoms with Gasteiger partial charge in [-0.3, -0.25) is 4.79 Å². The van der Waals surface area contributed by atoms with Gasteiger partial charge in [0.05, 0.1) is 12.2 Å². The lowest BCUT2D eigenvalue weighted by Gasteiger charge is -2.35. The number of carbonyl (C=O) groups is 2. The number of aryl methyl sites for hydroxylation is 3. The van der Waals surface area contributed by atoms with Crippen molar-refractivity contribution < 1.29 is 14.3 Å². The van der Waals surface area contributed by atoms with Crippen LogP contribution in [0.4, 0.5) is 0 Å². The number of aromatic amines is 1. The number of esters is 1. The molecule has 0 aliphatic carbocycles. The Morgan fingerprint density at radius 2 is 2.03 bits per heavy atom. The number of fused-ring (bicyclic) bond motifs is 1. The topological polar surface area (TPSA) is 67.3 Å². The molecule has 1 saturated heterocycles. The number of H-pyrrole nitrogens is 1. The van der Waals surface area contributed by atoms with E-state index in [9.17, 15) is 9.59 Å². The maximum Gasteiger partial charge on any atom is 0.338 e. The molecule has 6 heteroatoms. The van der Waals surface area contributed by atoms with Gasteiger partial charge in [0.15, 0.2) is 0 Å². The number of hydrogen-bond donors (Lipinski definition) is 1. The fourth-order valence-electron chi connectivity index (χ4n) is 4.36. The summed E-state index contributed by atoms with van der Waals surface area (Å²) in [6.07, 6.45) is 5.60. The second-order valence-corrected chi connectivity index (χ2v) is 8.21. The number of piperidine rings is 1.